The van der Waals surface area contributed by atoms with Crippen molar-refractivity contribution in [3.05, 3.63) is 65.7 Å². The van der Waals surface area contributed by atoms with Gasteiger partial charge in [0.25, 0.3) is 5.91 Å². The third-order valence-electron chi connectivity index (χ3n) is 6.39. The van der Waals surface area contributed by atoms with E-state index in [0.29, 0.717) is 23.8 Å². The number of halogens is 1. The predicted molar refractivity (Wildman–Crippen MR) is 114 cm³/mol. The third kappa shape index (κ3) is 2.85. The fraction of sp³-hybridized carbons (Fsp3) is 0.304. The van der Waals surface area contributed by atoms with E-state index in [2.05, 4.69) is 9.88 Å². The lowest BCUT2D eigenvalue weighted by atomic mass is 10.1. The van der Waals surface area contributed by atoms with E-state index in [4.69, 9.17) is 10.1 Å². The molecule has 3 aliphatic rings. The Labute approximate surface area is 178 Å². The van der Waals surface area contributed by atoms with Gasteiger partial charge in [0, 0.05) is 18.8 Å². The zero-order valence-corrected chi connectivity index (χ0v) is 17.1. The molecule has 0 spiro atoms. The molecule has 1 amide bonds. The van der Waals surface area contributed by atoms with Crippen LogP contribution in [0.3, 0.4) is 0 Å². The Hall–Kier alpha value is -3.55. The Bertz CT molecular complexity index is 1220. The van der Waals surface area contributed by atoms with Gasteiger partial charge in [0.15, 0.2) is 5.82 Å². The predicted octanol–water partition coefficient (Wildman–Crippen LogP) is 3.32. The number of benzene rings is 1. The second kappa shape index (κ2) is 6.73. The first-order valence-electron chi connectivity index (χ1n) is 10.5. The molecule has 156 valence electrons. The van der Waals surface area contributed by atoms with Gasteiger partial charge in [-0.3, -0.25) is 19.3 Å². The van der Waals surface area contributed by atoms with E-state index in [1.807, 2.05) is 35.1 Å². The summed E-state index contributed by atoms with van der Waals surface area (Å²) in [4.78, 5) is 25.4. The van der Waals surface area contributed by atoms with Crippen LogP contribution in [0.25, 0.3) is 11.3 Å². The molecule has 0 N–H and O–H groups in total. The number of fused-ring (bicyclic) bond motifs is 5. The zero-order chi connectivity index (χ0) is 21.1. The average molecular weight is 416 g/mol. The highest BCUT2D eigenvalue weighted by atomic mass is 19.1. The highest BCUT2D eigenvalue weighted by Gasteiger charge is 2.48. The summed E-state index contributed by atoms with van der Waals surface area (Å²) in [6, 6.07) is 13.1. The lowest BCUT2D eigenvalue weighted by molar-refractivity contribution is 0.0865. The molecule has 2 aromatic heterocycles. The van der Waals surface area contributed by atoms with Gasteiger partial charge in [0.2, 0.25) is 11.9 Å². The van der Waals surface area contributed by atoms with Crippen LogP contribution in [0.1, 0.15) is 35.2 Å². The quantitative estimate of drug-likeness (QED) is 0.615. The number of nitrogens with zero attached hydrogens (tertiary/aromatic N) is 6. The van der Waals surface area contributed by atoms with E-state index in [-0.39, 0.29) is 11.9 Å². The van der Waals surface area contributed by atoms with Gasteiger partial charge in [-0.2, -0.15) is 9.49 Å². The van der Waals surface area contributed by atoms with Gasteiger partial charge in [0.05, 0.1) is 24.3 Å². The van der Waals surface area contributed by atoms with Gasteiger partial charge < -0.3 is 0 Å². The number of hydrogen-bond donors (Lipinski definition) is 0. The molecule has 31 heavy (non-hydrogen) atoms. The van der Waals surface area contributed by atoms with Crippen LogP contribution in [0.15, 0.2) is 53.7 Å². The van der Waals surface area contributed by atoms with E-state index in [1.165, 1.54) is 6.07 Å². The Morgan fingerprint density at radius 2 is 1.97 bits per heavy atom. The van der Waals surface area contributed by atoms with Gasteiger partial charge in [-0.05, 0) is 37.0 Å². The number of aliphatic imine (C=N–C) groups is 1. The van der Waals surface area contributed by atoms with Crippen LogP contribution >= 0.6 is 0 Å². The van der Waals surface area contributed by atoms with Crippen molar-refractivity contribution < 1.29 is 9.18 Å². The molecule has 1 fully saturated rings. The first-order chi connectivity index (χ1) is 15.1. The number of aromatic nitrogens is 3. The molecule has 1 aliphatic carbocycles. The first kappa shape index (κ1) is 18.2. The number of anilines is 1. The normalized spacial score (nSPS) is 21.7. The summed E-state index contributed by atoms with van der Waals surface area (Å²) in [5.41, 5.74) is 3.11. The topological polar surface area (TPSA) is 66.6 Å². The second-order valence-electron chi connectivity index (χ2n) is 8.34. The van der Waals surface area contributed by atoms with E-state index in [9.17, 15) is 9.18 Å². The maximum absolute atomic E-state index is 13.4. The summed E-state index contributed by atoms with van der Waals surface area (Å²) in [5, 5.41) is 4.78. The van der Waals surface area contributed by atoms with Gasteiger partial charge in [-0.15, -0.1) is 0 Å². The number of hydrogen-bond acceptors (Lipinski definition) is 5. The molecule has 3 aromatic rings. The molecular weight excluding hydrogens is 395 g/mol. The molecule has 0 unspecified atom stereocenters. The summed E-state index contributed by atoms with van der Waals surface area (Å²) in [7, 11) is 1.79. The van der Waals surface area contributed by atoms with Gasteiger partial charge >= 0.3 is 0 Å². The van der Waals surface area contributed by atoms with Crippen molar-refractivity contribution in [3.63, 3.8) is 0 Å². The Morgan fingerprint density at radius 3 is 2.77 bits per heavy atom. The molecule has 2 atom stereocenters. The minimum absolute atomic E-state index is 0.0660. The van der Waals surface area contributed by atoms with Crippen LogP contribution in [0.5, 0.6) is 0 Å². The van der Waals surface area contributed by atoms with Gasteiger partial charge in [-0.25, -0.2) is 9.98 Å². The standard InChI is InChI=1S/C23H21FN6O/c1-28-22(31)16-13-29(27-21(16)30-19-6-2-5-18(19)26-23(28)30)12-14-8-10-15(11-9-14)17-4-3-7-20(24)25-17/h3-4,7-11,13,18-19H,2,5-6,12H2,1H3/t18-,19+/m1/s1. The van der Waals surface area contributed by atoms with Gasteiger partial charge in [0.1, 0.15) is 5.56 Å². The molecule has 0 bridgehead atoms. The van der Waals surface area contributed by atoms with Crippen molar-refractivity contribution >= 4 is 17.7 Å². The van der Waals surface area contributed by atoms with Crippen LogP contribution in [-0.2, 0) is 6.54 Å². The number of pyridine rings is 1. The largest absolute Gasteiger partial charge is 0.289 e. The van der Waals surface area contributed by atoms with Crippen molar-refractivity contribution in [1.29, 1.82) is 0 Å². The molecule has 6 rings (SSSR count). The fourth-order valence-electron chi connectivity index (χ4n) is 4.86. The molecule has 1 aromatic carbocycles. The molecular formula is C23H21FN6O. The van der Waals surface area contributed by atoms with Crippen LogP contribution in [0, 0.1) is 5.95 Å². The summed E-state index contributed by atoms with van der Waals surface area (Å²) >= 11 is 0. The molecule has 2 aliphatic heterocycles. The first-order valence-corrected chi connectivity index (χ1v) is 10.5. The molecule has 4 heterocycles. The lowest BCUT2D eigenvalue weighted by Crippen LogP contribution is -2.51. The third-order valence-corrected chi connectivity index (χ3v) is 6.39. The minimum atomic E-state index is -0.493. The number of carbonyl (C=O) groups excluding carboxylic acids is 1. The zero-order valence-electron chi connectivity index (χ0n) is 17.1. The summed E-state index contributed by atoms with van der Waals surface area (Å²) in [6.07, 6.45) is 5.12. The van der Waals surface area contributed by atoms with Crippen LogP contribution in [0.4, 0.5) is 10.2 Å². The average Bonchev–Trinajstić information content (AvgIpc) is 3.47. The number of guanidine groups is 1. The molecule has 7 nitrogen and oxygen atoms in total. The highest BCUT2D eigenvalue weighted by Crippen LogP contribution is 2.39. The summed E-state index contributed by atoms with van der Waals surface area (Å²) in [6.45, 7) is 0.537. The van der Waals surface area contributed by atoms with Crippen molar-refractivity contribution in [1.82, 2.24) is 19.7 Å². The lowest BCUT2D eigenvalue weighted by Gasteiger charge is -2.33. The van der Waals surface area contributed by atoms with Crippen molar-refractivity contribution in [2.75, 3.05) is 11.9 Å². The Morgan fingerprint density at radius 1 is 1.13 bits per heavy atom. The smallest absolute Gasteiger partial charge is 0.265 e. The van der Waals surface area contributed by atoms with E-state index in [1.54, 1.807) is 24.1 Å². The SMILES string of the molecule is CN1C(=O)c2cn(Cc3ccc(-c4cccc(F)n4)cc3)nc2N2C1=N[C@@H]1CCC[C@@H]12. The minimum Gasteiger partial charge on any atom is -0.289 e. The van der Waals surface area contributed by atoms with Crippen molar-refractivity contribution in [2.24, 2.45) is 4.99 Å². The monoisotopic (exact) mass is 416 g/mol. The number of amides is 1. The van der Waals surface area contributed by atoms with Gasteiger partial charge in [-0.1, -0.05) is 30.3 Å². The van der Waals surface area contributed by atoms with E-state index < -0.39 is 5.95 Å². The maximum atomic E-state index is 13.4. The van der Waals surface area contributed by atoms with Crippen molar-refractivity contribution in [2.45, 2.75) is 37.9 Å². The Balaban J connectivity index is 1.29. The number of carbonyl (C=O) groups is 1. The highest BCUT2D eigenvalue weighted by molar-refractivity contribution is 6.18. The fourth-order valence-corrected chi connectivity index (χ4v) is 4.86. The summed E-state index contributed by atoms with van der Waals surface area (Å²) in [5.74, 6) is 0.887. The van der Waals surface area contributed by atoms with Crippen LogP contribution in [0.2, 0.25) is 0 Å². The number of rotatable bonds is 3. The van der Waals surface area contributed by atoms with E-state index >= 15 is 0 Å². The molecule has 1 saturated carbocycles. The molecule has 0 radical (unpaired) electrons. The van der Waals surface area contributed by atoms with Crippen LogP contribution < -0.4 is 4.90 Å². The molecule has 8 heteroatoms. The van der Waals surface area contributed by atoms with Crippen LogP contribution in [-0.4, -0.2) is 50.7 Å². The molecule has 0 saturated heterocycles. The second-order valence-corrected chi connectivity index (χ2v) is 8.34. The van der Waals surface area contributed by atoms with Crippen molar-refractivity contribution in [3.8, 4) is 11.3 Å². The van der Waals surface area contributed by atoms with E-state index in [0.717, 1.165) is 42.2 Å². The maximum Gasteiger partial charge on any atom is 0.265 e. The Kier molecular flexibility index (Phi) is 3.96. The summed E-state index contributed by atoms with van der Waals surface area (Å²) < 4.78 is 15.2.